The predicted octanol–water partition coefficient (Wildman–Crippen LogP) is 5.15. The van der Waals surface area contributed by atoms with E-state index < -0.39 is 0 Å². The molecule has 0 bridgehead atoms. The molecule has 4 unspecified atom stereocenters. The minimum atomic E-state index is -0.212. The summed E-state index contributed by atoms with van der Waals surface area (Å²) in [6, 6.07) is 4.36. The number of rotatable bonds is 10. The smallest absolute Gasteiger partial charge is 0.251 e. The first kappa shape index (κ1) is 29.4. The molecule has 1 heterocycles. The van der Waals surface area contributed by atoms with E-state index in [4.69, 9.17) is 16.3 Å². The number of methoxy groups -OCH3 is 1. The van der Waals surface area contributed by atoms with Gasteiger partial charge in [-0.2, -0.15) is 0 Å². The molecule has 1 saturated carbocycles. The minimum Gasteiger partial charge on any atom is -0.376 e. The summed E-state index contributed by atoms with van der Waals surface area (Å²) >= 11 is 6.08. The molecule has 6 heteroatoms. The first-order chi connectivity index (χ1) is 18.8. The fraction of sp³-hybridized carbons (Fsp3) is 0.515. The van der Waals surface area contributed by atoms with Crippen LogP contribution in [0.15, 0.2) is 47.5 Å². The van der Waals surface area contributed by atoms with Gasteiger partial charge >= 0.3 is 0 Å². The zero-order chi connectivity index (χ0) is 27.9. The number of ketones is 1. The van der Waals surface area contributed by atoms with Crippen LogP contribution >= 0.6 is 11.6 Å². The topological polar surface area (TPSA) is 58.6 Å². The number of carbonyl (C=O) groups is 2. The number of benzene rings is 1. The van der Waals surface area contributed by atoms with Crippen LogP contribution < -0.4 is 15.8 Å². The molecule has 39 heavy (non-hydrogen) atoms. The van der Waals surface area contributed by atoms with Crippen LogP contribution in [-0.2, 0) is 9.53 Å². The number of halogens is 1. The highest BCUT2D eigenvalue weighted by atomic mass is 35.5. The summed E-state index contributed by atoms with van der Waals surface area (Å²) < 4.78 is 5.31. The van der Waals surface area contributed by atoms with Gasteiger partial charge in [-0.25, -0.2) is 0 Å². The second kappa shape index (κ2) is 13.6. The van der Waals surface area contributed by atoms with Gasteiger partial charge in [-0.1, -0.05) is 42.3 Å². The standard InChI is InChI=1S/C33H43ClN2O3/c1-5-29(39-4)19-35-33(38)30-16-13-26-10-9-22(2)36(21-31(26)23(30)3)20-25-8-6-7-24(17-25)18-32(37)27-11-14-28(34)15-12-27/h5,10-11,13-14,16,21-22,24-25,29H,1,6-9,12,15,17-20H2,2-4H3,(H,35,38). The number of hydrogen-bond donors (Lipinski definition) is 1. The molecule has 0 spiro atoms. The van der Waals surface area contributed by atoms with Crippen molar-refractivity contribution in [2.45, 2.75) is 77.4 Å². The van der Waals surface area contributed by atoms with Crippen LogP contribution in [0.3, 0.4) is 0 Å². The fourth-order valence-electron chi connectivity index (χ4n) is 6.14. The Bertz CT molecular complexity index is 1260. The predicted molar refractivity (Wildman–Crippen MR) is 160 cm³/mol. The number of amides is 1. The van der Waals surface area contributed by atoms with E-state index in [1.807, 2.05) is 25.1 Å². The van der Waals surface area contributed by atoms with Crippen LogP contribution in [0.5, 0.6) is 0 Å². The number of nitrogens with one attached hydrogen (secondary N) is 1. The molecule has 2 aliphatic carbocycles. The van der Waals surface area contributed by atoms with Crippen LogP contribution in [0, 0.1) is 18.8 Å². The molecule has 0 aromatic heterocycles. The molecule has 0 saturated heterocycles. The summed E-state index contributed by atoms with van der Waals surface area (Å²) in [6.07, 6.45) is 17.6. The second-order valence-corrected chi connectivity index (χ2v) is 11.9. The van der Waals surface area contributed by atoms with Crippen molar-refractivity contribution >= 4 is 35.6 Å². The van der Waals surface area contributed by atoms with Gasteiger partial charge in [0.1, 0.15) is 0 Å². The average molecular weight is 551 g/mol. The highest BCUT2D eigenvalue weighted by Gasteiger charge is 2.27. The van der Waals surface area contributed by atoms with Crippen molar-refractivity contribution in [3.63, 3.8) is 0 Å². The van der Waals surface area contributed by atoms with E-state index in [1.165, 1.54) is 18.1 Å². The van der Waals surface area contributed by atoms with Crippen LogP contribution in [0.1, 0.15) is 74.2 Å². The molecule has 4 rings (SSSR count). The van der Waals surface area contributed by atoms with E-state index in [1.54, 1.807) is 13.2 Å². The molecule has 210 valence electrons. The van der Waals surface area contributed by atoms with Crippen molar-refractivity contribution in [3.8, 4) is 0 Å². The van der Waals surface area contributed by atoms with Crippen LogP contribution in [-0.4, -0.2) is 48.9 Å². The number of Topliss-reactive ketones (excluding diaryl/α,β-unsaturated/α-hetero) is 1. The van der Waals surface area contributed by atoms with Gasteiger partial charge in [-0.3, -0.25) is 9.59 Å². The highest BCUT2D eigenvalue weighted by Crippen LogP contribution is 2.34. The number of ether oxygens (including phenoxy) is 1. The van der Waals surface area contributed by atoms with Crippen molar-refractivity contribution in [3.05, 3.63) is 69.1 Å². The molecular formula is C33H43ClN2O3. The molecular weight excluding hydrogens is 508 g/mol. The number of allylic oxidation sites excluding steroid dienone is 4. The van der Waals surface area contributed by atoms with Crippen molar-refractivity contribution in [1.29, 1.82) is 0 Å². The third kappa shape index (κ3) is 7.52. The zero-order valence-corrected chi connectivity index (χ0v) is 24.4. The Kier molecular flexibility index (Phi) is 10.3. The molecule has 1 N–H and O–H groups in total. The monoisotopic (exact) mass is 550 g/mol. The quantitative estimate of drug-likeness (QED) is 0.409. The van der Waals surface area contributed by atoms with E-state index in [9.17, 15) is 9.59 Å². The number of hydrogen-bond acceptors (Lipinski definition) is 4. The number of carbonyl (C=O) groups excluding carboxylic acids is 2. The maximum absolute atomic E-state index is 13.0. The Morgan fingerprint density at radius 2 is 2.03 bits per heavy atom. The van der Waals surface area contributed by atoms with E-state index in [-0.39, 0.29) is 12.0 Å². The summed E-state index contributed by atoms with van der Waals surface area (Å²) in [5.41, 5.74) is 2.62. The third-order valence-corrected chi connectivity index (χ3v) is 8.97. The number of fused-ring (bicyclic) bond motifs is 1. The molecule has 4 atom stereocenters. The van der Waals surface area contributed by atoms with Crippen molar-refractivity contribution in [2.75, 3.05) is 20.2 Å². The Hall–Kier alpha value is -2.63. The zero-order valence-electron chi connectivity index (χ0n) is 23.7. The van der Waals surface area contributed by atoms with Crippen LogP contribution in [0.25, 0.3) is 12.3 Å². The normalized spacial score (nSPS) is 23.7. The highest BCUT2D eigenvalue weighted by molar-refractivity contribution is 6.29. The van der Waals surface area contributed by atoms with Crippen LogP contribution in [0.4, 0.5) is 0 Å². The van der Waals surface area contributed by atoms with Gasteiger partial charge in [-0.15, -0.1) is 6.58 Å². The summed E-state index contributed by atoms with van der Waals surface area (Å²) in [4.78, 5) is 28.4. The van der Waals surface area contributed by atoms with Gasteiger partial charge in [0.2, 0.25) is 0 Å². The SMILES string of the molecule is C=CC(CNC(=O)c1ccc2c(c1C)=CN(CC1CCCC(CC(=O)C3=CC=C(Cl)CC3)C1)C(C)CC=2)OC. The molecule has 1 amide bonds. The van der Waals surface area contributed by atoms with Crippen molar-refractivity contribution in [2.24, 2.45) is 11.8 Å². The lowest BCUT2D eigenvalue weighted by atomic mass is 9.78. The van der Waals surface area contributed by atoms with Crippen molar-refractivity contribution < 1.29 is 14.3 Å². The molecule has 1 aromatic rings. The molecule has 1 aromatic carbocycles. The van der Waals surface area contributed by atoms with E-state index in [2.05, 4.69) is 42.1 Å². The minimum absolute atomic E-state index is 0.0953. The lowest BCUT2D eigenvalue weighted by Gasteiger charge is -2.35. The second-order valence-electron chi connectivity index (χ2n) is 11.4. The first-order valence-corrected chi connectivity index (χ1v) is 14.8. The Labute approximate surface area is 238 Å². The molecule has 1 fully saturated rings. The molecule has 3 aliphatic rings. The third-order valence-electron chi connectivity index (χ3n) is 8.65. The van der Waals surface area contributed by atoms with Gasteiger partial charge in [0.15, 0.2) is 5.78 Å². The van der Waals surface area contributed by atoms with E-state index in [0.29, 0.717) is 42.2 Å². The van der Waals surface area contributed by atoms with E-state index >= 15 is 0 Å². The first-order valence-electron chi connectivity index (χ1n) is 14.4. The lowest BCUT2D eigenvalue weighted by molar-refractivity contribution is -0.117. The molecule has 1 aliphatic heterocycles. The van der Waals surface area contributed by atoms with Crippen LogP contribution in [0.2, 0.25) is 0 Å². The van der Waals surface area contributed by atoms with Crippen molar-refractivity contribution in [1.82, 2.24) is 10.2 Å². The van der Waals surface area contributed by atoms with Gasteiger partial charge in [0.05, 0.1) is 6.10 Å². The maximum atomic E-state index is 13.0. The molecule has 0 radical (unpaired) electrons. The van der Waals surface area contributed by atoms with Gasteiger partial charge in [-0.05, 0) is 92.7 Å². The van der Waals surface area contributed by atoms with Gasteiger partial charge in [0, 0.05) is 54.7 Å². The Morgan fingerprint density at radius 1 is 1.23 bits per heavy atom. The largest absolute Gasteiger partial charge is 0.376 e. The summed E-state index contributed by atoms with van der Waals surface area (Å²) in [5.74, 6) is 1.21. The fourth-order valence-corrected chi connectivity index (χ4v) is 6.30. The summed E-state index contributed by atoms with van der Waals surface area (Å²) in [6.45, 7) is 9.44. The average Bonchev–Trinajstić information content (AvgIpc) is 3.09. The summed E-state index contributed by atoms with van der Waals surface area (Å²) in [5, 5.41) is 6.12. The molecule has 5 nitrogen and oxygen atoms in total. The Morgan fingerprint density at radius 3 is 2.74 bits per heavy atom. The Balaban J connectivity index is 1.46. The van der Waals surface area contributed by atoms with Gasteiger partial charge in [0.25, 0.3) is 5.91 Å². The number of nitrogens with zero attached hydrogens (tertiary/aromatic N) is 1. The summed E-state index contributed by atoms with van der Waals surface area (Å²) in [7, 11) is 1.61. The van der Waals surface area contributed by atoms with Gasteiger partial charge < -0.3 is 15.0 Å². The lowest BCUT2D eigenvalue weighted by Crippen LogP contribution is -2.38. The van der Waals surface area contributed by atoms with E-state index in [0.717, 1.165) is 60.0 Å². The maximum Gasteiger partial charge on any atom is 0.251 e.